The van der Waals surface area contributed by atoms with Gasteiger partial charge in [0.25, 0.3) is 5.91 Å². The fraction of sp³-hybridized carbons (Fsp3) is 0.588. The van der Waals surface area contributed by atoms with Crippen LogP contribution in [0, 0.1) is 0 Å². The molecule has 5 heteroatoms. The Balaban J connectivity index is 1.80. The van der Waals surface area contributed by atoms with Gasteiger partial charge in [0.2, 0.25) is 0 Å². The first-order valence-electron chi connectivity index (χ1n) is 7.92. The van der Waals surface area contributed by atoms with Crippen LogP contribution in [-0.2, 0) is 4.79 Å². The molecule has 0 spiro atoms. The minimum Gasteiger partial charge on any atom is -0.481 e. The van der Waals surface area contributed by atoms with Crippen LogP contribution in [0.25, 0.3) is 0 Å². The number of carbonyl (C=O) groups excluding carboxylic acids is 1. The van der Waals surface area contributed by atoms with E-state index in [1.54, 1.807) is 25.1 Å². The Labute approximate surface area is 137 Å². The molecule has 122 valence electrons. The Kier molecular flexibility index (Phi) is 6.09. The molecule has 0 saturated carbocycles. The van der Waals surface area contributed by atoms with Crippen molar-refractivity contribution < 1.29 is 9.53 Å². The van der Waals surface area contributed by atoms with Crippen molar-refractivity contribution in [2.24, 2.45) is 0 Å². The van der Waals surface area contributed by atoms with Gasteiger partial charge in [0.05, 0.1) is 0 Å². The lowest BCUT2D eigenvalue weighted by molar-refractivity contribution is -0.128. The summed E-state index contributed by atoms with van der Waals surface area (Å²) < 4.78 is 5.65. The number of piperidine rings is 1. The third kappa shape index (κ3) is 4.89. The van der Waals surface area contributed by atoms with E-state index in [0.717, 1.165) is 25.9 Å². The molecule has 4 nitrogen and oxygen atoms in total. The number of carbonyl (C=O) groups is 1. The van der Waals surface area contributed by atoms with Crippen molar-refractivity contribution in [3.05, 3.63) is 29.3 Å². The summed E-state index contributed by atoms with van der Waals surface area (Å²) in [6.07, 6.45) is 1.46. The molecule has 1 fully saturated rings. The fourth-order valence-corrected chi connectivity index (χ4v) is 2.86. The first-order valence-corrected chi connectivity index (χ1v) is 8.30. The number of hydrogen-bond donors (Lipinski definition) is 1. The zero-order valence-electron chi connectivity index (χ0n) is 13.5. The largest absolute Gasteiger partial charge is 0.481 e. The Morgan fingerprint density at radius 1 is 1.32 bits per heavy atom. The lowest BCUT2D eigenvalue weighted by Crippen LogP contribution is -2.49. The molecular formula is C17H25ClN2O2. The van der Waals surface area contributed by atoms with Crippen LogP contribution in [0.15, 0.2) is 24.3 Å². The highest BCUT2D eigenvalue weighted by Gasteiger charge is 2.24. The molecule has 22 heavy (non-hydrogen) atoms. The number of rotatable bonds is 5. The van der Waals surface area contributed by atoms with Crippen LogP contribution < -0.4 is 10.1 Å². The van der Waals surface area contributed by atoms with Crippen LogP contribution in [-0.4, -0.2) is 42.1 Å². The maximum absolute atomic E-state index is 12.2. The molecule has 1 aliphatic rings. The summed E-state index contributed by atoms with van der Waals surface area (Å²) in [5.41, 5.74) is 0. The van der Waals surface area contributed by atoms with Gasteiger partial charge in [-0.1, -0.05) is 17.7 Å². The van der Waals surface area contributed by atoms with Gasteiger partial charge in [-0.2, -0.15) is 0 Å². The number of benzene rings is 1. The molecular weight excluding hydrogens is 300 g/mol. The van der Waals surface area contributed by atoms with Gasteiger partial charge in [0.1, 0.15) is 5.75 Å². The highest BCUT2D eigenvalue weighted by Crippen LogP contribution is 2.19. The normalized spacial score (nSPS) is 18.2. The van der Waals surface area contributed by atoms with Crippen molar-refractivity contribution in [2.75, 3.05) is 13.1 Å². The van der Waals surface area contributed by atoms with Gasteiger partial charge in [-0.3, -0.25) is 4.79 Å². The van der Waals surface area contributed by atoms with Gasteiger partial charge >= 0.3 is 0 Å². The van der Waals surface area contributed by atoms with Crippen LogP contribution in [0.3, 0.4) is 0 Å². The summed E-state index contributed by atoms with van der Waals surface area (Å²) in [4.78, 5) is 14.7. The lowest BCUT2D eigenvalue weighted by Gasteiger charge is -2.35. The number of nitrogens with zero attached hydrogens (tertiary/aromatic N) is 1. The molecule has 0 aromatic heterocycles. The molecule has 1 aromatic carbocycles. The zero-order valence-corrected chi connectivity index (χ0v) is 14.3. The molecule has 1 N–H and O–H groups in total. The third-order valence-corrected chi connectivity index (χ3v) is 4.32. The summed E-state index contributed by atoms with van der Waals surface area (Å²) in [6.45, 7) is 8.25. The number of nitrogens with one attached hydrogen (secondary N) is 1. The van der Waals surface area contributed by atoms with Crippen molar-refractivity contribution in [3.8, 4) is 5.75 Å². The van der Waals surface area contributed by atoms with E-state index in [1.165, 1.54) is 0 Å². The van der Waals surface area contributed by atoms with Crippen molar-refractivity contribution >= 4 is 17.5 Å². The van der Waals surface area contributed by atoms with E-state index in [0.29, 0.717) is 16.8 Å². The molecule has 1 saturated heterocycles. The second kappa shape index (κ2) is 7.84. The SMILES string of the molecule is CC(C)N1CCC(NC(=O)[C@@H](C)Oc2cccc(Cl)c2)CC1. The second-order valence-corrected chi connectivity index (χ2v) is 6.57. The summed E-state index contributed by atoms with van der Waals surface area (Å²) >= 11 is 5.92. The average molecular weight is 325 g/mol. The monoisotopic (exact) mass is 324 g/mol. The van der Waals surface area contributed by atoms with E-state index in [2.05, 4.69) is 24.1 Å². The molecule has 0 unspecified atom stereocenters. The van der Waals surface area contributed by atoms with Crippen LogP contribution in [0.5, 0.6) is 5.75 Å². The molecule has 1 atom stereocenters. The summed E-state index contributed by atoms with van der Waals surface area (Å²) in [5.74, 6) is 0.549. The predicted octanol–water partition coefficient (Wildman–Crippen LogP) is 3.10. The van der Waals surface area contributed by atoms with Gasteiger partial charge in [0, 0.05) is 30.2 Å². The van der Waals surface area contributed by atoms with E-state index in [1.807, 2.05) is 6.07 Å². The molecule has 0 aliphatic carbocycles. The maximum Gasteiger partial charge on any atom is 0.260 e. The predicted molar refractivity (Wildman–Crippen MR) is 89.4 cm³/mol. The third-order valence-electron chi connectivity index (χ3n) is 4.08. The molecule has 1 amide bonds. The van der Waals surface area contributed by atoms with Crippen molar-refractivity contribution in [1.29, 1.82) is 0 Å². The Morgan fingerprint density at radius 3 is 2.59 bits per heavy atom. The smallest absolute Gasteiger partial charge is 0.260 e. The van der Waals surface area contributed by atoms with E-state index in [4.69, 9.17) is 16.3 Å². The first kappa shape index (κ1) is 17.1. The highest BCUT2D eigenvalue weighted by molar-refractivity contribution is 6.30. The minimum absolute atomic E-state index is 0.0667. The zero-order chi connectivity index (χ0) is 16.1. The number of hydrogen-bond acceptors (Lipinski definition) is 3. The van der Waals surface area contributed by atoms with Crippen LogP contribution in [0.1, 0.15) is 33.6 Å². The quantitative estimate of drug-likeness (QED) is 0.905. The van der Waals surface area contributed by atoms with Crippen LogP contribution in [0.2, 0.25) is 5.02 Å². The first-order chi connectivity index (χ1) is 10.5. The molecule has 1 aromatic rings. The lowest BCUT2D eigenvalue weighted by atomic mass is 10.0. The van der Waals surface area contributed by atoms with Crippen molar-refractivity contribution in [2.45, 2.75) is 51.8 Å². The van der Waals surface area contributed by atoms with Gasteiger partial charge in [-0.05, 0) is 51.8 Å². The van der Waals surface area contributed by atoms with Crippen molar-refractivity contribution in [3.63, 3.8) is 0 Å². The van der Waals surface area contributed by atoms with E-state index >= 15 is 0 Å². The molecule has 0 radical (unpaired) electrons. The molecule has 2 rings (SSSR count). The van der Waals surface area contributed by atoms with E-state index in [9.17, 15) is 4.79 Å². The Hall–Kier alpha value is -1.26. The summed E-state index contributed by atoms with van der Waals surface area (Å²) in [5, 5.41) is 3.69. The molecule has 1 aliphatic heterocycles. The fourth-order valence-electron chi connectivity index (χ4n) is 2.68. The number of amides is 1. The van der Waals surface area contributed by atoms with Gasteiger partial charge in [-0.25, -0.2) is 0 Å². The van der Waals surface area contributed by atoms with Crippen LogP contribution in [0.4, 0.5) is 0 Å². The number of likely N-dealkylation sites (tertiary alicyclic amines) is 1. The van der Waals surface area contributed by atoms with Crippen molar-refractivity contribution in [1.82, 2.24) is 10.2 Å². The maximum atomic E-state index is 12.2. The number of ether oxygens (including phenoxy) is 1. The number of halogens is 1. The second-order valence-electron chi connectivity index (χ2n) is 6.13. The van der Waals surface area contributed by atoms with E-state index < -0.39 is 6.10 Å². The average Bonchev–Trinajstić information content (AvgIpc) is 2.47. The summed E-state index contributed by atoms with van der Waals surface area (Å²) in [6, 6.07) is 7.92. The Bertz CT molecular complexity index is 499. The molecule has 1 heterocycles. The van der Waals surface area contributed by atoms with Gasteiger partial charge in [0.15, 0.2) is 6.10 Å². The van der Waals surface area contributed by atoms with Crippen LogP contribution >= 0.6 is 11.6 Å². The summed E-state index contributed by atoms with van der Waals surface area (Å²) in [7, 11) is 0. The molecule has 0 bridgehead atoms. The standard InChI is InChI=1S/C17H25ClN2O2/c1-12(2)20-9-7-15(8-10-20)19-17(21)13(3)22-16-6-4-5-14(18)11-16/h4-6,11-13,15H,7-10H2,1-3H3,(H,19,21)/t13-/m1/s1. The van der Waals surface area contributed by atoms with Gasteiger partial charge in [-0.15, -0.1) is 0 Å². The Morgan fingerprint density at radius 2 is 2.00 bits per heavy atom. The topological polar surface area (TPSA) is 41.6 Å². The minimum atomic E-state index is -0.526. The highest BCUT2D eigenvalue weighted by atomic mass is 35.5. The van der Waals surface area contributed by atoms with Gasteiger partial charge < -0.3 is 15.0 Å². The van der Waals surface area contributed by atoms with E-state index in [-0.39, 0.29) is 11.9 Å².